The van der Waals surface area contributed by atoms with Crippen LogP contribution in [0.4, 0.5) is 0 Å². The maximum atomic E-state index is 11.7. The minimum atomic E-state index is -0.364. The smallest absolute Gasteiger partial charge is 0.306 e. The van der Waals surface area contributed by atoms with Crippen molar-refractivity contribution in [1.82, 2.24) is 0 Å². The number of rotatable bonds is 11. The van der Waals surface area contributed by atoms with E-state index in [1.54, 1.807) is 18.2 Å². The highest BCUT2D eigenvalue weighted by atomic mass is 35.5. The number of hydrogen-bond acceptors (Lipinski definition) is 4. The summed E-state index contributed by atoms with van der Waals surface area (Å²) in [7, 11) is 0. The lowest BCUT2D eigenvalue weighted by Gasteiger charge is -2.07. The Kier molecular flexibility index (Phi) is 10.5. The molecule has 0 aromatic heterocycles. The molecule has 0 heterocycles. The number of carbonyl (C=O) groups is 2. The quantitative estimate of drug-likeness (QED) is 0.387. The van der Waals surface area contributed by atoms with E-state index in [0.29, 0.717) is 28.6 Å². The van der Waals surface area contributed by atoms with Crippen molar-refractivity contribution in [2.24, 2.45) is 0 Å². The molecule has 6 heteroatoms. The van der Waals surface area contributed by atoms with Crippen molar-refractivity contribution in [1.29, 1.82) is 0 Å². The average Bonchev–Trinajstić information content (AvgIpc) is 2.54. The molecule has 0 unspecified atom stereocenters. The summed E-state index contributed by atoms with van der Waals surface area (Å²) < 4.78 is 10.2. The molecule has 1 aromatic carbocycles. The van der Waals surface area contributed by atoms with Gasteiger partial charge in [0.1, 0.15) is 6.61 Å². The van der Waals surface area contributed by atoms with Crippen LogP contribution in [0, 0.1) is 0 Å². The second-order valence-corrected chi connectivity index (χ2v) is 6.37. The van der Waals surface area contributed by atoms with E-state index in [2.05, 4.69) is 6.92 Å². The standard InChI is InChI=1S/C18H24Cl2O4/c1-2-3-4-5-11-23-17(21)7-6-8-18(22)24-13-14-9-10-15(19)12-16(14)20/h9-10,12H,2-8,11,13H2,1H3. The molecule has 0 spiro atoms. The minimum absolute atomic E-state index is 0.0940. The van der Waals surface area contributed by atoms with Crippen molar-refractivity contribution in [3.63, 3.8) is 0 Å². The Morgan fingerprint density at radius 2 is 1.67 bits per heavy atom. The van der Waals surface area contributed by atoms with Crippen LogP contribution in [0.2, 0.25) is 10.0 Å². The largest absolute Gasteiger partial charge is 0.466 e. The zero-order chi connectivity index (χ0) is 17.8. The summed E-state index contributed by atoms with van der Waals surface area (Å²) in [5.74, 6) is -0.628. The molecule has 0 aliphatic carbocycles. The Hall–Kier alpha value is -1.26. The SMILES string of the molecule is CCCCCCOC(=O)CCCC(=O)OCc1ccc(Cl)cc1Cl. The third kappa shape index (κ3) is 9.14. The van der Waals surface area contributed by atoms with Gasteiger partial charge in [-0.3, -0.25) is 9.59 Å². The fraction of sp³-hybridized carbons (Fsp3) is 0.556. The van der Waals surface area contributed by atoms with Gasteiger partial charge in [-0.15, -0.1) is 0 Å². The molecule has 0 radical (unpaired) electrons. The predicted octanol–water partition coefficient (Wildman–Crippen LogP) is 5.33. The molecule has 1 rings (SSSR count). The Morgan fingerprint density at radius 3 is 2.33 bits per heavy atom. The summed E-state index contributed by atoms with van der Waals surface area (Å²) in [4.78, 5) is 23.2. The molecule has 0 fully saturated rings. The second-order valence-electron chi connectivity index (χ2n) is 5.53. The molecular weight excluding hydrogens is 351 g/mol. The van der Waals surface area contributed by atoms with Gasteiger partial charge < -0.3 is 9.47 Å². The van der Waals surface area contributed by atoms with Crippen molar-refractivity contribution in [2.75, 3.05) is 6.61 Å². The number of halogens is 2. The van der Waals surface area contributed by atoms with Crippen LogP contribution in [0.3, 0.4) is 0 Å². The molecule has 24 heavy (non-hydrogen) atoms. The molecule has 0 bridgehead atoms. The van der Waals surface area contributed by atoms with Crippen LogP contribution >= 0.6 is 23.2 Å². The van der Waals surface area contributed by atoms with E-state index in [1.165, 1.54) is 0 Å². The van der Waals surface area contributed by atoms with E-state index in [4.69, 9.17) is 32.7 Å². The first kappa shape index (κ1) is 20.8. The Bertz CT molecular complexity index is 532. The van der Waals surface area contributed by atoms with Crippen LogP contribution in [0.5, 0.6) is 0 Å². The van der Waals surface area contributed by atoms with E-state index in [9.17, 15) is 9.59 Å². The fourth-order valence-corrected chi connectivity index (χ4v) is 2.50. The number of carbonyl (C=O) groups excluding carboxylic acids is 2. The van der Waals surface area contributed by atoms with Crippen LogP contribution in [-0.2, 0) is 25.7 Å². The van der Waals surface area contributed by atoms with Gasteiger partial charge in [-0.05, 0) is 25.0 Å². The Labute approximate surface area is 153 Å². The first-order valence-corrected chi connectivity index (χ1v) is 9.03. The highest BCUT2D eigenvalue weighted by Crippen LogP contribution is 2.21. The summed E-state index contributed by atoms with van der Waals surface area (Å²) in [6.45, 7) is 2.68. The number of esters is 2. The van der Waals surface area contributed by atoms with Gasteiger partial charge in [-0.2, -0.15) is 0 Å². The maximum absolute atomic E-state index is 11.7. The summed E-state index contributed by atoms with van der Waals surface area (Å²) in [6, 6.07) is 5.00. The third-order valence-corrected chi connectivity index (χ3v) is 4.01. The zero-order valence-electron chi connectivity index (χ0n) is 14.0. The molecule has 0 atom stereocenters. The maximum Gasteiger partial charge on any atom is 0.306 e. The molecule has 0 saturated heterocycles. The molecule has 0 aliphatic heterocycles. The highest BCUT2D eigenvalue weighted by molar-refractivity contribution is 6.35. The lowest BCUT2D eigenvalue weighted by molar-refractivity contribution is -0.146. The monoisotopic (exact) mass is 374 g/mol. The van der Waals surface area contributed by atoms with Crippen LogP contribution in [0.25, 0.3) is 0 Å². The summed E-state index contributed by atoms with van der Waals surface area (Å²) in [6.07, 6.45) is 5.09. The van der Waals surface area contributed by atoms with E-state index < -0.39 is 0 Å². The molecule has 0 amide bonds. The Morgan fingerprint density at radius 1 is 0.958 bits per heavy atom. The van der Waals surface area contributed by atoms with E-state index >= 15 is 0 Å². The van der Waals surface area contributed by atoms with Gasteiger partial charge in [0.05, 0.1) is 6.61 Å². The van der Waals surface area contributed by atoms with Crippen molar-refractivity contribution in [2.45, 2.75) is 58.5 Å². The predicted molar refractivity (Wildman–Crippen MR) is 95.2 cm³/mol. The Balaban J connectivity index is 2.12. The molecule has 1 aromatic rings. The molecule has 134 valence electrons. The van der Waals surface area contributed by atoms with Gasteiger partial charge >= 0.3 is 11.9 Å². The van der Waals surface area contributed by atoms with E-state index in [1.807, 2.05) is 0 Å². The average molecular weight is 375 g/mol. The number of benzene rings is 1. The zero-order valence-corrected chi connectivity index (χ0v) is 15.5. The van der Waals surface area contributed by atoms with Gasteiger partial charge in [0.2, 0.25) is 0 Å². The van der Waals surface area contributed by atoms with Gasteiger partial charge in [-0.25, -0.2) is 0 Å². The number of hydrogen-bond donors (Lipinski definition) is 0. The summed E-state index contributed by atoms with van der Waals surface area (Å²) in [5, 5.41) is 0.991. The number of ether oxygens (including phenoxy) is 2. The van der Waals surface area contributed by atoms with Crippen LogP contribution in [0.1, 0.15) is 57.4 Å². The normalized spacial score (nSPS) is 10.5. The van der Waals surface area contributed by atoms with Gasteiger partial charge in [0.15, 0.2) is 0 Å². The summed E-state index contributed by atoms with van der Waals surface area (Å²) >= 11 is 11.8. The first-order valence-electron chi connectivity index (χ1n) is 8.28. The van der Waals surface area contributed by atoms with Crippen molar-refractivity contribution in [3.8, 4) is 0 Å². The van der Waals surface area contributed by atoms with Crippen molar-refractivity contribution >= 4 is 35.1 Å². The lowest BCUT2D eigenvalue weighted by Crippen LogP contribution is -2.09. The first-order chi connectivity index (χ1) is 11.5. The van der Waals surface area contributed by atoms with Crippen LogP contribution in [0.15, 0.2) is 18.2 Å². The molecular formula is C18H24Cl2O4. The van der Waals surface area contributed by atoms with Gasteiger partial charge in [-0.1, -0.05) is 55.5 Å². The topological polar surface area (TPSA) is 52.6 Å². The van der Waals surface area contributed by atoms with Crippen molar-refractivity contribution in [3.05, 3.63) is 33.8 Å². The minimum Gasteiger partial charge on any atom is -0.466 e. The van der Waals surface area contributed by atoms with Gasteiger partial charge in [0.25, 0.3) is 0 Å². The van der Waals surface area contributed by atoms with E-state index in [0.717, 1.165) is 25.7 Å². The molecule has 0 N–H and O–H groups in total. The highest BCUT2D eigenvalue weighted by Gasteiger charge is 2.09. The fourth-order valence-electron chi connectivity index (χ4n) is 2.03. The van der Waals surface area contributed by atoms with Crippen LogP contribution < -0.4 is 0 Å². The third-order valence-electron chi connectivity index (χ3n) is 3.43. The van der Waals surface area contributed by atoms with Gasteiger partial charge in [0, 0.05) is 28.5 Å². The second kappa shape index (κ2) is 12.2. The molecule has 0 saturated carbocycles. The lowest BCUT2D eigenvalue weighted by atomic mass is 10.2. The molecule has 0 aliphatic rings. The van der Waals surface area contributed by atoms with Crippen molar-refractivity contribution < 1.29 is 19.1 Å². The van der Waals surface area contributed by atoms with Crippen LogP contribution in [-0.4, -0.2) is 18.5 Å². The van der Waals surface area contributed by atoms with E-state index in [-0.39, 0.29) is 31.4 Å². The summed E-state index contributed by atoms with van der Waals surface area (Å²) in [5.41, 5.74) is 0.695. The number of unbranched alkanes of at least 4 members (excludes halogenated alkanes) is 3. The molecule has 4 nitrogen and oxygen atoms in total.